The second-order valence-electron chi connectivity index (χ2n) is 6.41. The fourth-order valence-electron chi connectivity index (χ4n) is 3.47. The third kappa shape index (κ3) is 2.56. The number of benzene rings is 2. The summed E-state index contributed by atoms with van der Waals surface area (Å²) in [5.74, 6) is -0.853. The molecule has 0 saturated carbocycles. The molecule has 1 N–H and O–H groups in total. The Kier molecular flexibility index (Phi) is 3.62. The predicted octanol–water partition coefficient (Wildman–Crippen LogP) is 5.66. The lowest BCUT2D eigenvalue weighted by atomic mass is 10.1. The molecule has 0 amide bonds. The van der Waals surface area contributed by atoms with Crippen LogP contribution in [0.1, 0.15) is 10.4 Å². The van der Waals surface area contributed by atoms with Crippen molar-refractivity contribution in [3.63, 3.8) is 0 Å². The van der Waals surface area contributed by atoms with E-state index in [2.05, 4.69) is 10.2 Å². The van der Waals surface area contributed by atoms with Gasteiger partial charge in [0.1, 0.15) is 5.75 Å². The minimum absolute atomic E-state index is 0.685. The highest BCUT2D eigenvalue weighted by atomic mass is 32.1. The number of hydrogen-bond acceptors (Lipinski definition) is 3. The number of aromatic nitrogens is 2. The second-order valence-corrected chi connectivity index (χ2v) is 7.54. The Balaban J connectivity index is 1.52. The van der Waals surface area contributed by atoms with Gasteiger partial charge in [0, 0.05) is 32.9 Å². The molecule has 0 aliphatic heterocycles. The van der Waals surface area contributed by atoms with Crippen LogP contribution in [0.3, 0.4) is 0 Å². The van der Waals surface area contributed by atoms with Crippen LogP contribution in [0.4, 0.5) is 8.78 Å². The molecule has 27 heavy (non-hydrogen) atoms. The zero-order chi connectivity index (χ0) is 18.5. The molecule has 6 heteroatoms. The maximum atomic E-state index is 13.6. The number of thiophene rings is 1. The monoisotopic (exact) mass is 380 g/mol. The van der Waals surface area contributed by atoms with Crippen LogP contribution in [0, 0.1) is 11.6 Å². The molecule has 0 fully saturated rings. The lowest BCUT2D eigenvalue weighted by molar-refractivity contribution is 0.415. The van der Waals surface area contributed by atoms with Crippen LogP contribution in [-0.4, -0.2) is 17.3 Å². The number of fused-ring (bicyclic) bond motifs is 3. The molecule has 4 aromatic rings. The molecule has 0 atom stereocenters. The standard InChI is InChI=1S/C21H14F2N2OS/c1-26-13-5-2-11(3-6-13)20-15-10-19-14(21(15)25-24-20)9-18(27-19)12-4-7-16(22)17(23)8-12/h2-9H,10H2,1H3,(H,24,25). The molecule has 2 heterocycles. The van der Waals surface area contributed by atoms with Crippen LogP contribution in [0.25, 0.3) is 33.0 Å². The fourth-order valence-corrected chi connectivity index (χ4v) is 4.65. The first-order valence-corrected chi connectivity index (χ1v) is 9.26. The lowest BCUT2D eigenvalue weighted by Crippen LogP contribution is -1.87. The molecule has 2 aromatic carbocycles. The first-order chi connectivity index (χ1) is 13.1. The summed E-state index contributed by atoms with van der Waals surface area (Å²) in [4.78, 5) is 2.12. The van der Waals surface area contributed by atoms with E-state index in [1.165, 1.54) is 22.6 Å². The minimum atomic E-state index is -0.831. The SMILES string of the molecule is COc1ccc(-c2n[nH]c3c2Cc2sc(-c4ccc(F)c(F)c4)cc2-3)cc1. The third-order valence-corrected chi connectivity index (χ3v) is 6.03. The van der Waals surface area contributed by atoms with E-state index in [-0.39, 0.29) is 0 Å². The highest BCUT2D eigenvalue weighted by Gasteiger charge is 2.27. The molecule has 0 spiro atoms. The van der Waals surface area contributed by atoms with Crippen LogP contribution >= 0.6 is 11.3 Å². The van der Waals surface area contributed by atoms with Crippen molar-refractivity contribution in [2.24, 2.45) is 0 Å². The molecule has 1 aliphatic rings. The van der Waals surface area contributed by atoms with Crippen LogP contribution in [0.15, 0.2) is 48.5 Å². The predicted molar refractivity (Wildman–Crippen MR) is 102 cm³/mol. The lowest BCUT2D eigenvalue weighted by Gasteiger charge is -2.03. The Bertz CT molecular complexity index is 1160. The van der Waals surface area contributed by atoms with E-state index < -0.39 is 11.6 Å². The van der Waals surface area contributed by atoms with Gasteiger partial charge >= 0.3 is 0 Å². The number of rotatable bonds is 3. The Morgan fingerprint density at radius 1 is 1.00 bits per heavy atom. The highest BCUT2D eigenvalue weighted by Crippen LogP contribution is 2.46. The van der Waals surface area contributed by atoms with Crippen molar-refractivity contribution in [1.29, 1.82) is 0 Å². The van der Waals surface area contributed by atoms with Gasteiger partial charge in [-0.25, -0.2) is 8.78 Å². The number of H-pyrrole nitrogens is 1. The Morgan fingerprint density at radius 2 is 1.78 bits per heavy atom. The molecule has 2 aromatic heterocycles. The second kappa shape index (κ2) is 6.03. The molecule has 3 nitrogen and oxygen atoms in total. The van der Waals surface area contributed by atoms with Gasteiger partial charge in [0.25, 0.3) is 0 Å². The van der Waals surface area contributed by atoms with Gasteiger partial charge < -0.3 is 4.74 Å². The third-order valence-electron chi connectivity index (χ3n) is 4.85. The van der Waals surface area contributed by atoms with Crippen molar-refractivity contribution in [3.8, 4) is 38.7 Å². The van der Waals surface area contributed by atoms with E-state index >= 15 is 0 Å². The van der Waals surface area contributed by atoms with Gasteiger partial charge in [0.2, 0.25) is 0 Å². The van der Waals surface area contributed by atoms with Crippen LogP contribution in [0.2, 0.25) is 0 Å². The normalized spacial score (nSPS) is 12.1. The van der Waals surface area contributed by atoms with Gasteiger partial charge in [0.05, 0.1) is 18.5 Å². The maximum absolute atomic E-state index is 13.6. The number of nitrogens with one attached hydrogen (secondary N) is 1. The first-order valence-electron chi connectivity index (χ1n) is 8.44. The zero-order valence-corrected chi connectivity index (χ0v) is 15.2. The summed E-state index contributed by atoms with van der Waals surface area (Å²) in [5.41, 5.74) is 5.90. The fraction of sp³-hybridized carbons (Fsp3) is 0.0952. The van der Waals surface area contributed by atoms with Gasteiger partial charge in [-0.1, -0.05) is 6.07 Å². The number of ether oxygens (including phenoxy) is 1. The topological polar surface area (TPSA) is 37.9 Å². The first kappa shape index (κ1) is 16.2. The minimum Gasteiger partial charge on any atom is -0.497 e. The molecule has 134 valence electrons. The summed E-state index contributed by atoms with van der Waals surface area (Å²) in [6.07, 6.45) is 0.775. The van der Waals surface area contributed by atoms with Crippen molar-refractivity contribution in [1.82, 2.24) is 10.2 Å². The van der Waals surface area contributed by atoms with E-state index in [0.29, 0.717) is 5.56 Å². The average molecular weight is 380 g/mol. The van der Waals surface area contributed by atoms with Crippen molar-refractivity contribution in [3.05, 3.63) is 70.6 Å². The molecule has 0 bridgehead atoms. The Morgan fingerprint density at radius 3 is 2.52 bits per heavy atom. The maximum Gasteiger partial charge on any atom is 0.159 e. The molecule has 0 saturated heterocycles. The Labute approximate surface area is 158 Å². The zero-order valence-electron chi connectivity index (χ0n) is 14.3. The molecule has 1 aliphatic carbocycles. The molecular formula is C21H14F2N2OS. The van der Waals surface area contributed by atoms with Crippen molar-refractivity contribution in [2.45, 2.75) is 6.42 Å². The van der Waals surface area contributed by atoms with Crippen LogP contribution in [0.5, 0.6) is 5.75 Å². The van der Waals surface area contributed by atoms with Crippen LogP contribution < -0.4 is 4.74 Å². The number of halogens is 2. The van der Waals surface area contributed by atoms with E-state index in [0.717, 1.165) is 39.6 Å². The van der Waals surface area contributed by atoms with E-state index in [1.807, 2.05) is 30.3 Å². The van der Waals surface area contributed by atoms with Gasteiger partial charge in [-0.3, -0.25) is 5.10 Å². The van der Waals surface area contributed by atoms with E-state index in [4.69, 9.17) is 4.74 Å². The van der Waals surface area contributed by atoms with Crippen molar-refractivity contribution < 1.29 is 13.5 Å². The molecule has 0 unspecified atom stereocenters. The summed E-state index contributed by atoms with van der Waals surface area (Å²) in [6.45, 7) is 0. The summed E-state index contributed by atoms with van der Waals surface area (Å²) < 4.78 is 32.0. The summed E-state index contributed by atoms with van der Waals surface area (Å²) in [7, 11) is 1.64. The highest BCUT2D eigenvalue weighted by molar-refractivity contribution is 7.16. The number of hydrogen-bond donors (Lipinski definition) is 1. The number of aromatic amines is 1. The summed E-state index contributed by atoms with van der Waals surface area (Å²) in [5, 5.41) is 7.65. The van der Waals surface area contributed by atoms with Crippen molar-refractivity contribution in [2.75, 3.05) is 7.11 Å². The average Bonchev–Trinajstić information content (AvgIpc) is 3.35. The summed E-state index contributed by atoms with van der Waals surface area (Å²) in [6, 6.07) is 13.9. The Hall–Kier alpha value is -2.99. The molecule has 0 radical (unpaired) electrons. The van der Waals surface area contributed by atoms with Gasteiger partial charge in [-0.15, -0.1) is 11.3 Å². The summed E-state index contributed by atoms with van der Waals surface area (Å²) >= 11 is 1.60. The van der Waals surface area contributed by atoms with Gasteiger partial charge in [-0.05, 0) is 48.0 Å². The van der Waals surface area contributed by atoms with E-state index in [1.54, 1.807) is 24.5 Å². The smallest absolute Gasteiger partial charge is 0.159 e. The molecular weight excluding hydrogens is 366 g/mol. The largest absolute Gasteiger partial charge is 0.497 e. The molecule has 5 rings (SSSR count). The quantitative estimate of drug-likeness (QED) is 0.438. The van der Waals surface area contributed by atoms with Crippen molar-refractivity contribution >= 4 is 11.3 Å². The van der Waals surface area contributed by atoms with Crippen LogP contribution in [-0.2, 0) is 6.42 Å². The number of nitrogens with zero attached hydrogens (tertiary/aromatic N) is 1. The van der Waals surface area contributed by atoms with Gasteiger partial charge in [0.15, 0.2) is 11.6 Å². The number of methoxy groups -OCH3 is 1. The van der Waals surface area contributed by atoms with Gasteiger partial charge in [-0.2, -0.15) is 5.10 Å². The van der Waals surface area contributed by atoms with E-state index in [9.17, 15) is 8.78 Å².